The van der Waals surface area contributed by atoms with Gasteiger partial charge in [0.25, 0.3) is 5.91 Å². The Morgan fingerprint density at radius 1 is 1.48 bits per heavy atom. The van der Waals surface area contributed by atoms with E-state index in [1.54, 1.807) is 11.0 Å². The Bertz CT molecular complexity index is 532. The minimum absolute atomic E-state index is 0.0330. The van der Waals surface area contributed by atoms with Crippen LogP contribution < -0.4 is 0 Å². The molecule has 1 N–H and O–H groups in total. The van der Waals surface area contributed by atoms with Gasteiger partial charge in [-0.25, -0.2) is 4.39 Å². The molecule has 2 rings (SSSR count). The molecule has 114 valence electrons. The molecule has 1 aliphatic rings. The standard InChI is InChI=1S/C16H20FNO3/c1-11(8-15(19)20)13-5-3-7-18(10-13)16(21)12-4-2-6-14(17)9-12/h2,4,6,9,11,13H,3,5,7-8,10H2,1H3,(H,19,20). The van der Waals surface area contributed by atoms with Crippen molar-refractivity contribution in [2.24, 2.45) is 11.8 Å². The van der Waals surface area contributed by atoms with Crippen LogP contribution in [0.1, 0.15) is 36.5 Å². The Balaban J connectivity index is 2.03. The lowest BCUT2D eigenvalue weighted by Crippen LogP contribution is -2.42. The highest BCUT2D eigenvalue weighted by molar-refractivity contribution is 5.94. The molecule has 1 aromatic rings. The molecule has 0 aliphatic carbocycles. The molecule has 1 heterocycles. The summed E-state index contributed by atoms with van der Waals surface area (Å²) in [5.74, 6) is -1.19. The molecule has 0 bridgehead atoms. The number of likely N-dealkylation sites (tertiary alicyclic amines) is 1. The van der Waals surface area contributed by atoms with Crippen LogP contribution in [0.25, 0.3) is 0 Å². The third-order valence-electron chi connectivity index (χ3n) is 4.12. The first-order chi connectivity index (χ1) is 9.97. The summed E-state index contributed by atoms with van der Waals surface area (Å²) < 4.78 is 13.2. The SMILES string of the molecule is CC(CC(=O)O)C1CCCN(C(=O)c2cccc(F)c2)C1. The molecule has 1 fully saturated rings. The zero-order valence-electron chi connectivity index (χ0n) is 12.1. The van der Waals surface area contributed by atoms with Crippen LogP contribution in [0.5, 0.6) is 0 Å². The highest BCUT2D eigenvalue weighted by atomic mass is 19.1. The number of amides is 1. The number of hydrogen-bond donors (Lipinski definition) is 1. The summed E-state index contributed by atoms with van der Waals surface area (Å²) in [5.41, 5.74) is 0.349. The minimum Gasteiger partial charge on any atom is -0.481 e. The van der Waals surface area contributed by atoms with Gasteiger partial charge in [-0.15, -0.1) is 0 Å². The maximum Gasteiger partial charge on any atom is 0.303 e. The summed E-state index contributed by atoms with van der Waals surface area (Å²) >= 11 is 0. The number of rotatable bonds is 4. The summed E-state index contributed by atoms with van der Waals surface area (Å²) in [6.45, 7) is 3.10. The molecular formula is C16H20FNO3. The maximum absolute atomic E-state index is 13.2. The van der Waals surface area contributed by atoms with Crippen LogP contribution in [-0.2, 0) is 4.79 Å². The Hall–Kier alpha value is -1.91. The van der Waals surface area contributed by atoms with E-state index in [1.165, 1.54) is 18.2 Å². The lowest BCUT2D eigenvalue weighted by atomic mass is 9.84. The van der Waals surface area contributed by atoms with Gasteiger partial charge >= 0.3 is 5.97 Å². The monoisotopic (exact) mass is 293 g/mol. The number of aliphatic carboxylic acids is 1. The molecule has 0 spiro atoms. The van der Waals surface area contributed by atoms with E-state index in [2.05, 4.69) is 0 Å². The van der Waals surface area contributed by atoms with Gasteiger partial charge in [-0.2, -0.15) is 0 Å². The summed E-state index contributed by atoms with van der Waals surface area (Å²) in [5, 5.41) is 8.88. The molecule has 0 radical (unpaired) electrons. The number of carbonyl (C=O) groups is 2. The first-order valence-corrected chi connectivity index (χ1v) is 7.24. The Labute approximate surface area is 123 Å². The Kier molecular flexibility index (Phi) is 4.94. The van der Waals surface area contributed by atoms with Crippen molar-refractivity contribution in [1.29, 1.82) is 0 Å². The fourth-order valence-corrected chi connectivity index (χ4v) is 2.91. The fourth-order valence-electron chi connectivity index (χ4n) is 2.91. The van der Waals surface area contributed by atoms with Crippen LogP contribution in [0.15, 0.2) is 24.3 Å². The number of carbonyl (C=O) groups excluding carboxylic acids is 1. The first kappa shape index (κ1) is 15.5. The van der Waals surface area contributed by atoms with Crippen molar-refractivity contribution >= 4 is 11.9 Å². The van der Waals surface area contributed by atoms with E-state index in [0.29, 0.717) is 18.7 Å². The van der Waals surface area contributed by atoms with Crippen molar-refractivity contribution in [2.45, 2.75) is 26.2 Å². The van der Waals surface area contributed by atoms with Crippen LogP contribution in [0.3, 0.4) is 0 Å². The number of halogens is 1. The molecule has 1 amide bonds. The molecule has 1 saturated heterocycles. The van der Waals surface area contributed by atoms with E-state index >= 15 is 0 Å². The summed E-state index contributed by atoms with van der Waals surface area (Å²) in [6, 6.07) is 5.68. The minimum atomic E-state index is -0.809. The Morgan fingerprint density at radius 3 is 2.90 bits per heavy atom. The quantitative estimate of drug-likeness (QED) is 0.928. The number of carboxylic acids is 1. The van der Waals surface area contributed by atoms with E-state index in [9.17, 15) is 14.0 Å². The van der Waals surface area contributed by atoms with Gasteiger partial charge in [-0.1, -0.05) is 13.0 Å². The second kappa shape index (κ2) is 6.70. The number of carboxylic acid groups (broad SMARTS) is 1. The largest absolute Gasteiger partial charge is 0.481 e. The maximum atomic E-state index is 13.2. The van der Waals surface area contributed by atoms with Crippen molar-refractivity contribution in [1.82, 2.24) is 4.90 Å². The highest BCUT2D eigenvalue weighted by Gasteiger charge is 2.28. The van der Waals surface area contributed by atoms with Crippen molar-refractivity contribution in [3.05, 3.63) is 35.6 Å². The molecule has 2 atom stereocenters. The zero-order valence-corrected chi connectivity index (χ0v) is 12.1. The van der Waals surface area contributed by atoms with Crippen LogP contribution in [-0.4, -0.2) is 35.0 Å². The molecule has 21 heavy (non-hydrogen) atoms. The van der Waals surface area contributed by atoms with Gasteiger partial charge in [0, 0.05) is 25.1 Å². The molecule has 2 unspecified atom stereocenters. The molecular weight excluding hydrogens is 273 g/mol. The van der Waals surface area contributed by atoms with Gasteiger partial charge in [-0.3, -0.25) is 9.59 Å². The third-order valence-corrected chi connectivity index (χ3v) is 4.12. The summed E-state index contributed by atoms with van der Waals surface area (Å²) in [6.07, 6.45) is 1.91. The van der Waals surface area contributed by atoms with Gasteiger partial charge in [0.15, 0.2) is 0 Å². The third kappa shape index (κ3) is 4.03. The van der Waals surface area contributed by atoms with Gasteiger partial charge in [0.1, 0.15) is 5.82 Å². The molecule has 0 saturated carbocycles. The Morgan fingerprint density at radius 2 is 2.24 bits per heavy atom. The van der Waals surface area contributed by atoms with Gasteiger partial charge < -0.3 is 10.0 Å². The number of nitrogens with zero attached hydrogens (tertiary/aromatic N) is 1. The lowest BCUT2D eigenvalue weighted by molar-refractivity contribution is -0.138. The van der Waals surface area contributed by atoms with Crippen LogP contribution >= 0.6 is 0 Å². The average Bonchev–Trinajstić information content (AvgIpc) is 2.46. The average molecular weight is 293 g/mol. The van der Waals surface area contributed by atoms with E-state index in [4.69, 9.17) is 5.11 Å². The van der Waals surface area contributed by atoms with Crippen LogP contribution in [0, 0.1) is 17.7 Å². The predicted octanol–water partition coefficient (Wildman–Crippen LogP) is 2.79. The van der Waals surface area contributed by atoms with Crippen molar-refractivity contribution in [3.8, 4) is 0 Å². The van der Waals surface area contributed by atoms with E-state index in [-0.39, 0.29) is 24.2 Å². The van der Waals surface area contributed by atoms with Gasteiger partial charge in [0.05, 0.1) is 0 Å². The predicted molar refractivity (Wildman–Crippen MR) is 76.4 cm³/mol. The normalized spacial score (nSPS) is 20.1. The van der Waals surface area contributed by atoms with Crippen LogP contribution in [0.4, 0.5) is 4.39 Å². The molecule has 5 heteroatoms. The smallest absolute Gasteiger partial charge is 0.303 e. The number of hydrogen-bond acceptors (Lipinski definition) is 2. The summed E-state index contributed by atoms with van der Waals surface area (Å²) in [4.78, 5) is 24.9. The second-order valence-corrected chi connectivity index (χ2v) is 5.74. The van der Waals surface area contributed by atoms with E-state index < -0.39 is 11.8 Å². The lowest BCUT2D eigenvalue weighted by Gasteiger charge is -2.35. The summed E-state index contributed by atoms with van der Waals surface area (Å²) in [7, 11) is 0. The molecule has 1 aromatic carbocycles. The van der Waals surface area contributed by atoms with Gasteiger partial charge in [-0.05, 0) is 42.9 Å². The zero-order chi connectivity index (χ0) is 15.4. The fraction of sp³-hybridized carbons (Fsp3) is 0.500. The van der Waals surface area contributed by atoms with Crippen molar-refractivity contribution in [3.63, 3.8) is 0 Å². The van der Waals surface area contributed by atoms with E-state index in [1.807, 2.05) is 6.92 Å². The molecule has 1 aliphatic heterocycles. The topological polar surface area (TPSA) is 57.6 Å². The van der Waals surface area contributed by atoms with Gasteiger partial charge in [0.2, 0.25) is 0 Å². The molecule has 4 nitrogen and oxygen atoms in total. The van der Waals surface area contributed by atoms with Crippen molar-refractivity contribution < 1.29 is 19.1 Å². The van der Waals surface area contributed by atoms with E-state index in [0.717, 1.165) is 12.8 Å². The molecule has 0 aromatic heterocycles. The van der Waals surface area contributed by atoms with Crippen LogP contribution in [0.2, 0.25) is 0 Å². The van der Waals surface area contributed by atoms with Crippen molar-refractivity contribution in [2.75, 3.05) is 13.1 Å². The number of piperidine rings is 1. The second-order valence-electron chi connectivity index (χ2n) is 5.74. The highest BCUT2D eigenvalue weighted by Crippen LogP contribution is 2.27. The number of benzene rings is 1. The first-order valence-electron chi connectivity index (χ1n) is 7.24.